The van der Waals surface area contributed by atoms with E-state index in [2.05, 4.69) is 39.2 Å². The average Bonchev–Trinajstić information content (AvgIpc) is 2.76. The van der Waals surface area contributed by atoms with Crippen LogP contribution in [0.25, 0.3) is 10.9 Å². The van der Waals surface area contributed by atoms with Crippen LogP contribution in [0.1, 0.15) is 17.0 Å². The first-order valence-corrected chi connectivity index (χ1v) is 5.66. The van der Waals surface area contributed by atoms with E-state index in [1.807, 2.05) is 19.2 Å². The van der Waals surface area contributed by atoms with Gasteiger partial charge in [0.2, 0.25) is 0 Å². The van der Waals surface area contributed by atoms with Crippen molar-refractivity contribution < 1.29 is 0 Å². The van der Waals surface area contributed by atoms with Crippen molar-refractivity contribution in [3.05, 3.63) is 59.8 Å². The lowest BCUT2D eigenvalue weighted by Gasteiger charge is -2.04. The van der Waals surface area contributed by atoms with Crippen molar-refractivity contribution >= 4 is 10.9 Å². The maximum absolute atomic E-state index is 4.45. The van der Waals surface area contributed by atoms with Gasteiger partial charge in [0, 0.05) is 23.7 Å². The Morgan fingerprint density at radius 2 is 2.00 bits per heavy atom. The Hall–Kier alpha value is -2.16. The van der Waals surface area contributed by atoms with E-state index in [0.717, 1.165) is 23.3 Å². The number of para-hydroxylation sites is 1. The average molecular weight is 223 g/mol. The number of fused-ring (bicyclic) bond motifs is 1. The van der Waals surface area contributed by atoms with Crippen molar-refractivity contribution in [3.63, 3.8) is 0 Å². The second-order valence-electron chi connectivity index (χ2n) is 4.14. The Balaban J connectivity index is 2.09. The summed E-state index contributed by atoms with van der Waals surface area (Å²) < 4.78 is 0. The van der Waals surface area contributed by atoms with E-state index in [9.17, 15) is 0 Å². The summed E-state index contributed by atoms with van der Waals surface area (Å²) >= 11 is 0. The molecule has 84 valence electrons. The van der Waals surface area contributed by atoms with Gasteiger partial charge in [0.25, 0.3) is 0 Å². The Morgan fingerprint density at radius 1 is 1.12 bits per heavy atom. The summed E-state index contributed by atoms with van der Waals surface area (Å²) in [6.45, 7) is 2.04. The minimum Gasteiger partial charge on any atom is -0.348 e. The molecule has 0 aliphatic rings. The van der Waals surface area contributed by atoms with Crippen LogP contribution in [0.5, 0.6) is 0 Å². The molecule has 0 saturated carbocycles. The molecule has 17 heavy (non-hydrogen) atoms. The predicted octanol–water partition coefficient (Wildman–Crippen LogP) is 2.86. The number of hydrogen-bond acceptors (Lipinski definition) is 2. The van der Waals surface area contributed by atoms with Crippen molar-refractivity contribution in [2.24, 2.45) is 0 Å². The summed E-state index contributed by atoms with van der Waals surface area (Å²) in [6, 6.07) is 10.3. The van der Waals surface area contributed by atoms with E-state index in [-0.39, 0.29) is 0 Å². The number of hydrogen-bond donors (Lipinski definition) is 1. The van der Waals surface area contributed by atoms with Gasteiger partial charge >= 0.3 is 0 Å². The molecule has 0 spiro atoms. The van der Waals surface area contributed by atoms with Crippen LogP contribution in [0.3, 0.4) is 0 Å². The first kappa shape index (κ1) is 10.0. The van der Waals surface area contributed by atoms with E-state index in [4.69, 9.17) is 0 Å². The summed E-state index contributed by atoms with van der Waals surface area (Å²) in [7, 11) is 0. The molecule has 0 radical (unpaired) electrons. The van der Waals surface area contributed by atoms with Gasteiger partial charge in [-0.1, -0.05) is 24.3 Å². The topological polar surface area (TPSA) is 41.6 Å². The van der Waals surface area contributed by atoms with Gasteiger partial charge < -0.3 is 4.98 Å². The standard InChI is InChI=1S/C14H13N3/c1-10-13(17-9-16-10)8-12-5-2-4-11-6-3-7-15-14(11)12/h2-7,9H,8H2,1H3,(H,16,17). The highest BCUT2D eigenvalue weighted by Gasteiger charge is 2.06. The third-order valence-corrected chi connectivity index (χ3v) is 3.01. The van der Waals surface area contributed by atoms with Crippen LogP contribution in [0.4, 0.5) is 0 Å². The Labute approximate surface area is 99.5 Å². The third kappa shape index (κ3) is 1.80. The zero-order valence-corrected chi connectivity index (χ0v) is 9.64. The van der Waals surface area contributed by atoms with Gasteiger partial charge in [0.05, 0.1) is 17.5 Å². The highest BCUT2D eigenvalue weighted by atomic mass is 14.9. The van der Waals surface area contributed by atoms with Crippen LogP contribution in [-0.4, -0.2) is 15.0 Å². The van der Waals surface area contributed by atoms with E-state index in [0.29, 0.717) is 0 Å². The highest BCUT2D eigenvalue weighted by Crippen LogP contribution is 2.19. The number of imidazole rings is 1. The molecule has 0 unspecified atom stereocenters. The summed E-state index contributed by atoms with van der Waals surface area (Å²) in [5.41, 5.74) is 4.50. The molecule has 3 nitrogen and oxygen atoms in total. The molecule has 0 saturated heterocycles. The zero-order valence-electron chi connectivity index (χ0n) is 9.64. The monoisotopic (exact) mass is 223 g/mol. The van der Waals surface area contributed by atoms with Crippen molar-refractivity contribution in [1.29, 1.82) is 0 Å². The minimum atomic E-state index is 0.823. The molecule has 3 aromatic rings. The number of aryl methyl sites for hydroxylation is 1. The Kier molecular flexibility index (Phi) is 2.37. The molecule has 3 rings (SSSR count). The predicted molar refractivity (Wildman–Crippen MR) is 67.9 cm³/mol. The fourth-order valence-electron chi connectivity index (χ4n) is 2.06. The smallest absolute Gasteiger partial charge is 0.0925 e. The van der Waals surface area contributed by atoms with Crippen LogP contribution in [0.15, 0.2) is 42.9 Å². The normalized spacial score (nSPS) is 10.9. The third-order valence-electron chi connectivity index (χ3n) is 3.01. The fourth-order valence-corrected chi connectivity index (χ4v) is 2.06. The number of H-pyrrole nitrogens is 1. The van der Waals surface area contributed by atoms with E-state index < -0.39 is 0 Å². The molecule has 0 amide bonds. The maximum atomic E-state index is 4.45. The van der Waals surface area contributed by atoms with Crippen molar-refractivity contribution in [1.82, 2.24) is 15.0 Å². The number of rotatable bonds is 2. The molecule has 2 aromatic heterocycles. The second kappa shape index (κ2) is 4.01. The quantitative estimate of drug-likeness (QED) is 0.725. The molecule has 1 N–H and O–H groups in total. The number of nitrogens with zero attached hydrogens (tertiary/aromatic N) is 2. The van der Waals surface area contributed by atoms with E-state index in [1.165, 1.54) is 10.9 Å². The number of aromatic amines is 1. The fraction of sp³-hybridized carbons (Fsp3) is 0.143. The van der Waals surface area contributed by atoms with Gasteiger partial charge in [0.1, 0.15) is 0 Å². The lowest BCUT2D eigenvalue weighted by molar-refractivity contribution is 1.08. The second-order valence-corrected chi connectivity index (χ2v) is 4.14. The molecular weight excluding hydrogens is 210 g/mol. The molecule has 0 atom stereocenters. The summed E-state index contributed by atoms with van der Waals surface area (Å²) in [4.78, 5) is 11.9. The number of nitrogens with one attached hydrogen (secondary N) is 1. The van der Waals surface area contributed by atoms with Gasteiger partial charge in [-0.15, -0.1) is 0 Å². The van der Waals surface area contributed by atoms with Crippen LogP contribution >= 0.6 is 0 Å². The lowest BCUT2D eigenvalue weighted by Crippen LogP contribution is -1.93. The van der Waals surface area contributed by atoms with Gasteiger partial charge in [-0.3, -0.25) is 4.98 Å². The molecule has 0 fully saturated rings. The first-order valence-electron chi connectivity index (χ1n) is 5.66. The van der Waals surface area contributed by atoms with E-state index >= 15 is 0 Å². The van der Waals surface area contributed by atoms with Crippen LogP contribution in [0, 0.1) is 6.92 Å². The minimum absolute atomic E-state index is 0.823. The zero-order chi connectivity index (χ0) is 11.7. The van der Waals surface area contributed by atoms with Crippen LogP contribution in [0.2, 0.25) is 0 Å². The van der Waals surface area contributed by atoms with Crippen molar-refractivity contribution in [3.8, 4) is 0 Å². The highest BCUT2D eigenvalue weighted by molar-refractivity contribution is 5.81. The molecule has 1 aromatic carbocycles. The lowest BCUT2D eigenvalue weighted by atomic mass is 10.0. The molecule has 0 bridgehead atoms. The number of benzene rings is 1. The molecular formula is C14H13N3. The summed E-state index contributed by atoms with van der Waals surface area (Å²) in [5, 5.41) is 1.18. The van der Waals surface area contributed by atoms with Crippen molar-refractivity contribution in [2.45, 2.75) is 13.3 Å². The van der Waals surface area contributed by atoms with Gasteiger partial charge in [-0.2, -0.15) is 0 Å². The number of pyridine rings is 1. The molecule has 0 aliphatic heterocycles. The number of aromatic nitrogens is 3. The Morgan fingerprint density at radius 3 is 2.82 bits per heavy atom. The largest absolute Gasteiger partial charge is 0.348 e. The van der Waals surface area contributed by atoms with Crippen LogP contribution in [-0.2, 0) is 6.42 Å². The SMILES string of the molecule is Cc1[nH]cnc1Cc1cccc2cccnc12. The summed E-state index contributed by atoms with van der Waals surface area (Å²) in [5.74, 6) is 0. The maximum Gasteiger partial charge on any atom is 0.0925 e. The first-order chi connectivity index (χ1) is 8.34. The van der Waals surface area contributed by atoms with E-state index in [1.54, 1.807) is 6.33 Å². The van der Waals surface area contributed by atoms with Gasteiger partial charge in [-0.05, 0) is 18.6 Å². The van der Waals surface area contributed by atoms with Crippen molar-refractivity contribution in [2.75, 3.05) is 0 Å². The molecule has 3 heteroatoms. The van der Waals surface area contributed by atoms with Crippen LogP contribution < -0.4 is 0 Å². The molecule has 0 aliphatic carbocycles. The van der Waals surface area contributed by atoms with Gasteiger partial charge in [0.15, 0.2) is 0 Å². The Bertz CT molecular complexity index is 650. The molecule has 2 heterocycles. The summed E-state index contributed by atoms with van der Waals surface area (Å²) in [6.07, 6.45) is 4.40. The van der Waals surface area contributed by atoms with Gasteiger partial charge in [-0.25, -0.2) is 4.98 Å².